The van der Waals surface area contributed by atoms with Crippen molar-refractivity contribution in [1.82, 2.24) is 20.1 Å². The molecule has 2 aliphatic heterocycles. The minimum absolute atomic E-state index is 0.00514. The van der Waals surface area contributed by atoms with Gasteiger partial charge in [0, 0.05) is 35.0 Å². The lowest BCUT2D eigenvalue weighted by Gasteiger charge is -2.23. The zero-order valence-corrected chi connectivity index (χ0v) is 22.3. The summed E-state index contributed by atoms with van der Waals surface area (Å²) >= 11 is 0. The van der Waals surface area contributed by atoms with E-state index in [4.69, 9.17) is 9.84 Å². The van der Waals surface area contributed by atoms with Crippen LogP contribution in [-0.4, -0.2) is 44.6 Å². The highest BCUT2D eigenvalue weighted by Crippen LogP contribution is 2.44. The van der Waals surface area contributed by atoms with E-state index < -0.39 is 23.8 Å². The number of carbonyl (C=O) groups is 2. The fourth-order valence-electron chi connectivity index (χ4n) is 5.78. The van der Waals surface area contributed by atoms with Crippen LogP contribution in [0.3, 0.4) is 0 Å². The van der Waals surface area contributed by atoms with Crippen molar-refractivity contribution in [3.8, 4) is 17.1 Å². The molecule has 4 heterocycles. The minimum Gasteiger partial charge on any atom is -0.474 e. The van der Waals surface area contributed by atoms with Crippen molar-refractivity contribution in [3.63, 3.8) is 0 Å². The first-order valence-corrected chi connectivity index (χ1v) is 13.8. The van der Waals surface area contributed by atoms with Gasteiger partial charge in [0.1, 0.15) is 23.2 Å². The number of benzene rings is 2. The predicted molar refractivity (Wildman–Crippen MR) is 151 cm³/mol. The summed E-state index contributed by atoms with van der Waals surface area (Å²) in [6.07, 6.45) is 3.78. The van der Waals surface area contributed by atoms with Crippen LogP contribution in [0.4, 0.5) is 10.1 Å². The van der Waals surface area contributed by atoms with E-state index in [2.05, 4.69) is 20.6 Å². The third-order valence-corrected chi connectivity index (χ3v) is 7.87. The number of benzodiazepines with no additional fused rings is 1. The first kappa shape index (κ1) is 25.1. The average Bonchev–Trinajstić information content (AvgIpc) is 3.55. The number of aryl methyl sites for hydroxylation is 1. The van der Waals surface area contributed by atoms with Gasteiger partial charge < -0.3 is 15.4 Å². The molecule has 2 unspecified atom stereocenters. The van der Waals surface area contributed by atoms with Crippen LogP contribution >= 0.6 is 0 Å². The van der Waals surface area contributed by atoms with Crippen LogP contribution in [0.2, 0.25) is 0 Å². The van der Waals surface area contributed by atoms with Gasteiger partial charge in [0.15, 0.2) is 0 Å². The molecule has 7 rings (SSSR count). The van der Waals surface area contributed by atoms with E-state index in [1.165, 1.54) is 6.07 Å². The molecule has 206 valence electrons. The third-order valence-electron chi connectivity index (χ3n) is 7.87. The predicted octanol–water partition coefficient (Wildman–Crippen LogP) is 4.68. The molecule has 2 aromatic heterocycles. The smallest absolute Gasteiger partial charge is 0.269 e. The highest BCUT2D eigenvalue weighted by molar-refractivity contribution is 6.20. The molecule has 2 N–H and O–H groups in total. The van der Waals surface area contributed by atoms with Gasteiger partial charge in [0.25, 0.3) is 11.8 Å². The topological polar surface area (TPSA) is 110 Å². The van der Waals surface area contributed by atoms with Crippen molar-refractivity contribution in [2.45, 2.75) is 50.9 Å². The summed E-state index contributed by atoms with van der Waals surface area (Å²) in [6.45, 7) is 2.02. The number of amides is 2. The van der Waals surface area contributed by atoms with Crippen LogP contribution in [0.5, 0.6) is 5.88 Å². The Morgan fingerprint density at radius 2 is 1.95 bits per heavy atom. The summed E-state index contributed by atoms with van der Waals surface area (Å²) in [7, 11) is 0. The molecule has 2 aromatic carbocycles. The zero-order chi connectivity index (χ0) is 28.1. The van der Waals surface area contributed by atoms with Gasteiger partial charge in [-0.05, 0) is 37.5 Å². The molecule has 4 aromatic rings. The van der Waals surface area contributed by atoms with E-state index in [-0.39, 0.29) is 23.4 Å². The van der Waals surface area contributed by atoms with Crippen LogP contribution in [0.1, 0.15) is 59.4 Å². The number of ether oxygens (including phenoxy) is 1. The lowest BCUT2D eigenvalue weighted by Crippen LogP contribution is -2.42. The number of aromatic nitrogens is 3. The highest BCUT2D eigenvalue weighted by atomic mass is 19.1. The number of hydrogen-bond donors (Lipinski definition) is 2. The maximum absolute atomic E-state index is 14.9. The van der Waals surface area contributed by atoms with Crippen molar-refractivity contribution < 1.29 is 18.7 Å². The summed E-state index contributed by atoms with van der Waals surface area (Å²) in [5, 5.41) is 10.2. The Morgan fingerprint density at radius 1 is 1.10 bits per heavy atom. The molecule has 1 fully saturated rings. The molecule has 10 heteroatoms. The number of aliphatic imine (C=N–C) groups is 1. The van der Waals surface area contributed by atoms with Crippen molar-refractivity contribution >= 4 is 23.2 Å². The van der Waals surface area contributed by atoms with Crippen molar-refractivity contribution in [2.24, 2.45) is 4.99 Å². The number of anilines is 1. The fraction of sp³-hybridized carbons (Fsp3) is 0.258. The number of nitrogens with one attached hydrogen (secondary N) is 2. The number of nitrogens with zero attached hydrogens (tertiary/aromatic N) is 4. The SMILES string of the molecule is CCc1ccc(-c2nn3c(c2C(=O)N[C@H]2N=C(c4ccccc4)c4cccc(F)c4NC2=O)OC2CCC3C2)cn1. The van der Waals surface area contributed by atoms with Gasteiger partial charge in [0.2, 0.25) is 12.0 Å². The van der Waals surface area contributed by atoms with Crippen LogP contribution in [-0.2, 0) is 11.2 Å². The zero-order valence-electron chi connectivity index (χ0n) is 22.3. The van der Waals surface area contributed by atoms with E-state index in [0.29, 0.717) is 34.0 Å². The molecular weight excluding hydrogens is 523 g/mol. The maximum atomic E-state index is 14.9. The van der Waals surface area contributed by atoms with Crippen molar-refractivity contribution in [3.05, 3.63) is 95.1 Å². The summed E-state index contributed by atoms with van der Waals surface area (Å²) < 4.78 is 22.9. The summed E-state index contributed by atoms with van der Waals surface area (Å²) in [4.78, 5) is 36.6. The first-order chi connectivity index (χ1) is 20.0. The van der Waals surface area contributed by atoms with Gasteiger partial charge in [-0.15, -0.1) is 0 Å². The first-order valence-electron chi connectivity index (χ1n) is 13.8. The largest absolute Gasteiger partial charge is 0.474 e. The fourth-order valence-corrected chi connectivity index (χ4v) is 5.78. The second-order valence-corrected chi connectivity index (χ2v) is 10.4. The molecule has 1 saturated carbocycles. The molecule has 9 nitrogen and oxygen atoms in total. The van der Waals surface area contributed by atoms with E-state index in [0.717, 1.165) is 31.4 Å². The van der Waals surface area contributed by atoms with Gasteiger partial charge in [-0.3, -0.25) is 14.6 Å². The minimum atomic E-state index is -1.34. The Balaban J connectivity index is 1.31. The number of para-hydroxylation sites is 1. The molecule has 0 spiro atoms. The molecule has 2 amide bonds. The molecule has 3 atom stereocenters. The molecule has 41 heavy (non-hydrogen) atoms. The number of rotatable bonds is 5. The molecule has 0 saturated heterocycles. The molecule has 2 bridgehead atoms. The maximum Gasteiger partial charge on any atom is 0.269 e. The molecular formula is C31H27FN6O3. The summed E-state index contributed by atoms with van der Waals surface area (Å²) in [5.74, 6) is -1.43. The summed E-state index contributed by atoms with van der Waals surface area (Å²) in [6, 6.07) is 17.6. The van der Waals surface area contributed by atoms with Crippen molar-refractivity contribution in [1.29, 1.82) is 0 Å². The highest BCUT2D eigenvalue weighted by Gasteiger charge is 2.40. The number of pyridine rings is 1. The Bertz CT molecular complexity index is 1700. The Labute approximate surface area is 235 Å². The normalized spacial score (nSPS) is 20.7. The Morgan fingerprint density at radius 3 is 2.73 bits per heavy atom. The van der Waals surface area contributed by atoms with E-state index >= 15 is 0 Å². The van der Waals surface area contributed by atoms with Gasteiger partial charge in [-0.1, -0.05) is 49.4 Å². The standard InChI is InChI=1S/C31H27FN6O3/c1-2-19-12-11-18(16-33-19)26-24(31-38(37-26)20-13-14-21(15-20)41-31)29(39)36-28-30(40)35-27-22(9-6-10-23(27)32)25(34-28)17-7-4-3-5-8-17/h3-12,16,20-21,28H,2,13-15H2,1H3,(H,35,40)(H,36,39)/t20?,21?,28-/m1/s1. The van der Waals surface area contributed by atoms with Gasteiger partial charge >= 0.3 is 0 Å². The average molecular weight is 551 g/mol. The van der Waals surface area contributed by atoms with Gasteiger partial charge in [-0.2, -0.15) is 5.10 Å². The number of halogens is 1. The quantitative estimate of drug-likeness (QED) is 0.375. The number of hydrogen-bond acceptors (Lipinski definition) is 6. The lowest BCUT2D eigenvalue weighted by molar-refractivity contribution is -0.117. The van der Waals surface area contributed by atoms with Crippen LogP contribution < -0.4 is 15.4 Å². The Hall–Kier alpha value is -4.86. The monoisotopic (exact) mass is 550 g/mol. The third kappa shape index (κ3) is 4.35. The van der Waals surface area contributed by atoms with E-state index in [1.54, 1.807) is 23.0 Å². The lowest BCUT2D eigenvalue weighted by atomic mass is 10.0. The second kappa shape index (κ2) is 9.96. The second-order valence-electron chi connectivity index (χ2n) is 10.4. The molecule has 0 radical (unpaired) electrons. The van der Waals surface area contributed by atoms with E-state index in [9.17, 15) is 14.0 Å². The van der Waals surface area contributed by atoms with E-state index in [1.807, 2.05) is 49.4 Å². The molecule has 1 aliphatic carbocycles. The van der Waals surface area contributed by atoms with Crippen molar-refractivity contribution in [2.75, 3.05) is 5.32 Å². The van der Waals surface area contributed by atoms with Crippen LogP contribution in [0.25, 0.3) is 11.3 Å². The van der Waals surface area contributed by atoms with Gasteiger partial charge in [-0.25, -0.2) is 14.1 Å². The van der Waals surface area contributed by atoms with Crippen LogP contribution in [0.15, 0.2) is 71.9 Å². The van der Waals surface area contributed by atoms with Crippen LogP contribution in [0, 0.1) is 5.82 Å². The number of fused-ring (bicyclic) bond motifs is 5. The molecule has 3 aliphatic rings. The Kier molecular flexibility index (Phi) is 6.10. The number of carbonyl (C=O) groups excluding carboxylic acids is 2. The van der Waals surface area contributed by atoms with Gasteiger partial charge in [0.05, 0.1) is 17.4 Å². The summed E-state index contributed by atoms with van der Waals surface area (Å²) in [5.41, 5.74) is 3.75.